The van der Waals surface area contributed by atoms with Gasteiger partial charge >= 0.3 is 0 Å². The third-order valence-corrected chi connectivity index (χ3v) is 3.45. The number of hydrogen-bond donors (Lipinski definition) is 0. The van der Waals surface area contributed by atoms with Gasteiger partial charge in [-0.25, -0.2) is 0 Å². The first-order valence-corrected chi connectivity index (χ1v) is 4.62. The van der Waals surface area contributed by atoms with E-state index in [-0.39, 0.29) is 0 Å². The summed E-state index contributed by atoms with van der Waals surface area (Å²) in [4.78, 5) is 0. The molecular formula is C8H17P. The van der Waals surface area contributed by atoms with Crippen LogP contribution in [0.5, 0.6) is 0 Å². The van der Waals surface area contributed by atoms with Crippen LogP contribution in [0.1, 0.15) is 33.1 Å². The second kappa shape index (κ2) is 3.01. The first-order valence-electron chi connectivity index (χ1n) is 3.95. The summed E-state index contributed by atoms with van der Waals surface area (Å²) in [5, 5.41) is 0. The lowest BCUT2D eigenvalue weighted by molar-refractivity contribution is 0.317. The van der Waals surface area contributed by atoms with Crippen LogP contribution in [0.15, 0.2) is 0 Å². The lowest BCUT2D eigenvalue weighted by Crippen LogP contribution is -2.20. The Morgan fingerprint density at radius 2 is 1.89 bits per heavy atom. The first kappa shape index (κ1) is 7.54. The molecule has 0 heterocycles. The van der Waals surface area contributed by atoms with Gasteiger partial charge in [0.05, 0.1) is 0 Å². The summed E-state index contributed by atoms with van der Waals surface area (Å²) in [6, 6.07) is 0. The molecule has 0 amide bonds. The predicted molar refractivity (Wildman–Crippen MR) is 45.7 cm³/mol. The van der Waals surface area contributed by atoms with Crippen LogP contribution < -0.4 is 0 Å². The predicted octanol–water partition coefficient (Wildman–Crippen LogP) is 2.69. The molecular weight excluding hydrogens is 127 g/mol. The fourth-order valence-electron chi connectivity index (χ4n) is 1.58. The van der Waals surface area contributed by atoms with Crippen molar-refractivity contribution in [2.24, 2.45) is 11.8 Å². The van der Waals surface area contributed by atoms with Crippen LogP contribution in [-0.4, -0.2) is 5.66 Å². The lowest BCUT2D eigenvalue weighted by atomic mass is 9.84. The molecule has 0 nitrogen and oxygen atoms in total. The van der Waals surface area contributed by atoms with Gasteiger partial charge in [0.25, 0.3) is 0 Å². The molecule has 0 N–H and O–H groups in total. The summed E-state index contributed by atoms with van der Waals surface area (Å²) < 4.78 is 0. The molecule has 0 aromatic rings. The molecule has 1 heteroatoms. The van der Waals surface area contributed by atoms with Gasteiger partial charge < -0.3 is 0 Å². The van der Waals surface area contributed by atoms with Crippen molar-refractivity contribution in [1.29, 1.82) is 0 Å². The molecule has 1 saturated carbocycles. The Hall–Kier alpha value is 0.430. The average Bonchev–Trinajstić information content (AvgIpc) is 1.80. The molecule has 1 aliphatic carbocycles. The second-order valence-corrected chi connectivity index (χ2v) is 4.42. The van der Waals surface area contributed by atoms with Crippen LogP contribution in [0.25, 0.3) is 0 Å². The van der Waals surface area contributed by atoms with Gasteiger partial charge in [0.2, 0.25) is 0 Å². The topological polar surface area (TPSA) is 0 Å². The minimum absolute atomic E-state index is 0.897. The molecule has 1 fully saturated rings. The minimum atomic E-state index is 0.897. The van der Waals surface area contributed by atoms with E-state index in [4.69, 9.17) is 0 Å². The highest BCUT2D eigenvalue weighted by molar-refractivity contribution is 7.17. The van der Waals surface area contributed by atoms with Crippen molar-refractivity contribution in [2.45, 2.75) is 38.8 Å². The van der Waals surface area contributed by atoms with E-state index >= 15 is 0 Å². The monoisotopic (exact) mass is 144 g/mol. The minimum Gasteiger partial charge on any atom is -0.134 e. The summed E-state index contributed by atoms with van der Waals surface area (Å²) in [7, 11) is 2.97. The van der Waals surface area contributed by atoms with Crippen molar-refractivity contribution in [3.8, 4) is 0 Å². The van der Waals surface area contributed by atoms with Gasteiger partial charge in [0, 0.05) is 0 Å². The summed E-state index contributed by atoms with van der Waals surface area (Å²) in [6.45, 7) is 4.73. The van der Waals surface area contributed by atoms with Crippen molar-refractivity contribution in [3.05, 3.63) is 0 Å². The summed E-state index contributed by atoms with van der Waals surface area (Å²) in [6.07, 6.45) is 4.31. The van der Waals surface area contributed by atoms with Crippen LogP contribution in [0.3, 0.4) is 0 Å². The molecule has 0 bridgehead atoms. The SMILES string of the molecule is CC1CCC(C)C(P)C1. The Morgan fingerprint density at radius 3 is 2.33 bits per heavy atom. The maximum absolute atomic E-state index is 2.97. The number of rotatable bonds is 0. The highest BCUT2D eigenvalue weighted by Crippen LogP contribution is 2.32. The highest BCUT2D eigenvalue weighted by atomic mass is 31.0. The van der Waals surface area contributed by atoms with Crippen molar-refractivity contribution in [2.75, 3.05) is 0 Å². The van der Waals surface area contributed by atoms with Crippen molar-refractivity contribution in [1.82, 2.24) is 0 Å². The van der Waals surface area contributed by atoms with Crippen LogP contribution in [0, 0.1) is 11.8 Å². The van der Waals surface area contributed by atoms with E-state index in [0.717, 1.165) is 17.5 Å². The van der Waals surface area contributed by atoms with Gasteiger partial charge in [-0.1, -0.05) is 20.3 Å². The first-order chi connectivity index (χ1) is 4.20. The fourth-order valence-corrected chi connectivity index (χ4v) is 2.23. The van der Waals surface area contributed by atoms with Crippen LogP contribution in [-0.2, 0) is 0 Å². The third kappa shape index (κ3) is 1.93. The van der Waals surface area contributed by atoms with Crippen LogP contribution in [0.2, 0.25) is 0 Å². The van der Waals surface area contributed by atoms with E-state index in [1.807, 2.05) is 0 Å². The molecule has 0 saturated heterocycles. The number of hydrogen-bond acceptors (Lipinski definition) is 0. The normalized spacial score (nSPS) is 45.0. The third-order valence-electron chi connectivity index (χ3n) is 2.52. The van der Waals surface area contributed by atoms with Crippen molar-refractivity contribution < 1.29 is 0 Å². The molecule has 4 unspecified atom stereocenters. The smallest absolute Gasteiger partial charge is 0.0236 e. The maximum atomic E-state index is 2.97. The standard InChI is InChI=1S/C8H17P/c1-6-3-4-7(2)8(9)5-6/h6-8H,3-5,9H2,1-2H3. The zero-order valence-electron chi connectivity index (χ0n) is 6.43. The highest BCUT2D eigenvalue weighted by Gasteiger charge is 2.21. The summed E-state index contributed by atoms with van der Waals surface area (Å²) in [5.74, 6) is 1.93. The Kier molecular flexibility index (Phi) is 2.52. The van der Waals surface area contributed by atoms with Gasteiger partial charge in [-0.15, -0.1) is 9.24 Å². The largest absolute Gasteiger partial charge is 0.134 e. The molecule has 9 heavy (non-hydrogen) atoms. The van der Waals surface area contributed by atoms with Gasteiger partial charge in [0.1, 0.15) is 0 Å². The molecule has 4 atom stereocenters. The molecule has 1 rings (SSSR count). The zero-order valence-corrected chi connectivity index (χ0v) is 7.59. The molecule has 0 aromatic heterocycles. The van der Waals surface area contributed by atoms with E-state index in [1.165, 1.54) is 19.3 Å². The Labute approximate surface area is 60.6 Å². The second-order valence-electron chi connectivity index (χ2n) is 3.56. The van der Waals surface area contributed by atoms with Crippen molar-refractivity contribution in [3.63, 3.8) is 0 Å². The quantitative estimate of drug-likeness (QED) is 0.458. The molecule has 0 spiro atoms. The van der Waals surface area contributed by atoms with Gasteiger partial charge in [-0.05, 0) is 30.3 Å². The molecule has 0 aromatic carbocycles. The molecule has 1 aliphatic rings. The fraction of sp³-hybridized carbons (Fsp3) is 1.00. The Bertz CT molecular complexity index is 90.6. The Balaban J connectivity index is 2.35. The van der Waals surface area contributed by atoms with E-state index in [2.05, 4.69) is 23.1 Å². The summed E-state index contributed by atoms with van der Waals surface area (Å²) >= 11 is 0. The van der Waals surface area contributed by atoms with Crippen molar-refractivity contribution >= 4 is 9.24 Å². The molecule has 0 aliphatic heterocycles. The van der Waals surface area contributed by atoms with Gasteiger partial charge in [-0.2, -0.15) is 0 Å². The van der Waals surface area contributed by atoms with E-state index in [9.17, 15) is 0 Å². The van der Waals surface area contributed by atoms with E-state index in [0.29, 0.717) is 0 Å². The van der Waals surface area contributed by atoms with E-state index in [1.54, 1.807) is 0 Å². The van der Waals surface area contributed by atoms with E-state index < -0.39 is 0 Å². The molecule has 0 radical (unpaired) electrons. The van der Waals surface area contributed by atoms with Crippen LogP contribution in [0.4, 0.5) is 0 Å². The maximum Gasteiger partial charge on any atom is -0.0236 e. The average molecular weight is 144 g/mol. The Morgan fingerprint density at radius 1 is 1.22 bits per heavy atom. The van der Waals surface area contributed by atoms with Gasteiger partial charge in [0.15, 0.2) is 0 Å². The van der Waals surface area contributed by atoms with Crippen LogP contribution >= 0.6 is 9.24 Å². The summed E-state index contributed by atoms with van der Waals surface area (Å²) in [5.41, 5.74) is 0.897. The molecule has 54 valence electrons. The van der Waals surface area contributed by atoms with Gasteiger partial charge in [-0.3, -0.25) is 0 Å². The zero-order chi connectivity index (χ0) is 6.85. The lowest BCUT2D eigenvalue weighted by Gasteiger charge is -2.29.